The van der Waals surface area contributed by atoms with Crippen molar-refractivity contribution in [2.75, 3.05) is 26.6 Å². The van der Waals surface area contributed by atoms with E-state index in [0.717, 1.165) is 22.9 Å². The second-order valence-electron chi connectivity index (χ2n) is 3.70. The van der Waals surface area contributed by atoms with Gasteiger partial charge in [0, 0.05) is 26.0 Å². The Morgan fingerprint density at radius 2 is 1.82 bits per heavy atom. The fourth-order valence-electron chi connectivity index (χ4n) is 1.69. The number of benzene rings is 1. The lowest BCUT2D eigenvalue weighted by atomic mass is 10.2. The molecule has 0 aliphatic rings. The molecule has 0 radical (unpaired) electrons. The molecule has 0 amide bonds. The van der Waals surface area contributed by atoms with Crippen LogP contribution in [0.15, 0.2) is 24.3 Å². The minimum absolute atomic E-state index is 0.603. The van der Waals surface area contributed by atoms with Gasteiger partial charge in [-0.25, -0.2) is 0 Å². The lowest BCUT2D eigenvalue weighted by Gasteiger charge is -2.27. The van der Waals surface area contributed by atoms with Crippen LogP contribution < -0.4 is 5.19 Å². The van der Waals surface area contributed by atoms with Gasteiger partial charge in [-0.05, 0) is 24.7 Å². The molecule has 0 spiro atoms. The second kappa shape index (κ2) is 7.18. The lowest BCUT2D eigenvalue weighted by Crippen LogP contribution is -2.56. The van der Waals surface area contributed by atoms with E-state index in [-0.39, 0.29) is 0 Å². The molecule has 0 aliphatic carbocycles. The first-order valence-corrected chi connectivity index (χ1v) is 7.97. The van der Waals surface area contributed by atoms with Crippen LogP contribution in [-0.4, -0.2) is 35.4 Å². The SMILES string of the molecule is CO[Si](OC)(OCCCS)c1ccccc1C. The fourth-order valence-corrected chi connectivity index (χ4v) is 4.09. The highest BCUT2D eigenvalue weighted by atomic mass is 32.1. The largest absolute Gasteiger partial charge is 0.536 e. The number of hydrogen-bond donors (Lipinski definition) is 1. The minimum Gasteiger partial charge on any atom is -0.373 e. The van der Waals surface area contributed by atoms with Crippen LogP contribution in [0.5, 0.6) is 0 Å². The molecule has 3 nitrogen and oxygen atoms in total. The molecule has 0 bridgehead atoms. The molecule has 1 rings (SSSR count). The molecule has 0 unspecified atom stereocenters. The molecule has 1 aromatic carbocycles. The lowest BCUT2D eigenvalue weighted by molar-refractivity contribution is 0.114. The van der Waals surface area contributed by atoms with E-state index in [9.17, 15) is 0 Å². The first kappa shape index (κ1) is 14.7. The van der Waals surface area contributed by atoms with Crippen LogP contribution in [0.25, 0.3) is 0 Å². The number of hydrogen-bond acceptors (Lipinski definition) is 4. The summed E-state index contributed by atoms with van der Waals surface area (Å²) >= 11 is 4.17. The molecular formula is C12H20O3SSi. The average Bonchev–Trinajstić information content (AvgIpc) is 2.36. The van der Waals surface area contributed by atoms with Gasteiger partial charge in [0.25, 0.3) is 0 Å². The molecule has 0 aliphatic heterocycles. The van der Waals surface area contributed by atoms with Gasteiger partial charge in [-0.1, -0.05) is 24.3 Å². The Bertz CT molecular complexity index is 342. The molecule has 17 heavy (non-hydrogen) atoms. The second-order valence-corrected chi connectivity index (χ2v) is 6.91. The van der Waals surface area contributed by atoms with Crippen molar-refractivity contribution in [2.45, 2.75) is 13.3 Å². The molecule has 0 atom stereocenters. The zero-order valence-corrected chi connectivity index (χ0v) is 12.5. The fraction of sp³-hybridized carbons (Fsp3) is 0.500. The molecule has 0 saturated carbocycles. The third-order valence-corrected chi connectivity index (χ3v) is 5.80. The summed E-state index contributed by atoms with van der Waals surface area (Å²) < 4.78 is 17.0. The highest BCUT2D eigenvalue weighted by Gasteiger charge is 2.42. The summed E-state index contributed by atoms with van der Waals surface area (Å²) in [6, 6.07) is 8.02. The third-order valence-electron chi connectivity index (χ3n) is 2.61. The standard InChI is InChI=1S/C12H20O3SSi/c1-11-7-4-5-8-12(11)17(13-2,14-3)15-9-6-10-16/h4-5,7-8,16H,6,9-10H2,1-3H3. The van der Waals surface area contributed by atoms with E-state index in [4.69, 9.17) is 13.3 Å². The van der Waals surface area contributed by atoms with Gasteiger partial charge in [-0.3, -0.25) is 0 Å². The maximum atomic E-state index is 5.88. The first-order valence-electron chi connectivity index (χ1n) is 5.61. The van der Waals surface area contributed by atoms with E-state index >= 15 is 0 Å². The van der Waals surface area contributed by atoms with Crippen LogP contribution in [0, 0.1) is 6.92 Å². The van der Waals surface area contributed by atoms with Crippen molar-refractivity contribution in [1.29, 1.82) is 0 Å². The highest BCUT2D eigenvalue weighted by Crippen LogP contribution is 2.11. The Balaban J connectivity index is 2.94. The van der Waals surface area contributed by atoms with Crippen LogP contribution in [0.1, 0.15) is 12.0 Å². The first-order chi connectivity index (χ1) is 8.20. The molecule has 0 aromatic heterocycles. The predicted octanol–water partition coefficient (Wildman–Crippen LogP) is 1.77. The summed E-state index contributed by atoms with van der Waals surface area (Å²) in [5, 5.41) is 1.03. The topological polar surface area (TPSA) is 27.7 Å². The Hall–Kier alpha value is -0.333. The molecule has 5 heteroatoms. The zero-order chi connectivity index (χ0) is 12.7. The van der Waals surface area contributed by atoms with Crippen molar-refractivity contribution in [2.24, 2.45) is 0 Å². The van der Waals surface area contributed by atoms with Gasteiger partial charge in [0.05, 0.1) is 0 Å². The number of thiol groups is 1. The van der Waals surface area contributed by atoms with Gasteiger partial charge in [-0.2, -0.15) is 12.6 Å². The van der Waals surface area contributed by atoms with Gasteiger partial charge < -0.3 is 13.3 Å². The molecule has 96 valence electrons. The van der Waals surface area contributed by atoms with E-state index in [0.29, 0.717) is 6.61 Å². The molecule has 0 fully saturated rings. The Labute approximate surface area is 110 Å². The summed E-state index contributed by atoms with van der Waals surface area (Å²) in [5.41, 5.74) is 1.13. The van der Waals surface area contributed by atoms with E-state index < -0.39 is 8.80 Å². The molecule has 0 heterocycles. The van der Waals surface area contributed by atoms with E-state index in [1.54, 1.807) is 14.2 Å². The Kier molecular flexibility index (Phi) is 6.22. The van der Waals surface area contributed by atoms with Crippen molar-refractivity contribution in [3.05, 3.63) is 29.8 Å². The van der Waals surface area contributed by atoms with Gasteiger partial charge in [0.1, 0.15) is 0 Å². The summed E-state index contributed by atoms with van der Waals surface area (Å²) in [6.45, 7) is 2.64. The maximum absolute atomic E-state index is 5.88. The third kappa shape index (κ3) is 3.56. The quantitative estimate of drug-likeness (QED) is 0.466. The van der Waals surface area contributed by atoms with E-state index in [1.165, 1.54) is 0 Å². The maximum Gasteiger partial charge on any atom is 0.536 e. The Morgan fingerprint density at radius 1 is 1.18 bits per heavy atom. The van der Waals surface area contributed by atoms with Crippen molar-refractivity contribution >= 4 is 26.6 Å². The summed E-state index contributed by atoms with van der Waals surface area (Å²) in [7, 11) is 0.548. The Morgan fingerprint density at radius 3 is 2.35 bits per heavy atom. The number of aryl methyl sites for hydroxylation is 1. The monoisotopic (exact) mass is 272 g/mol. The summed E-state index contributed by atoms with van der Waals surface area (Å²) in [4.78, 5) is 0. The van der Waals surface area contributed by atoms with Crippen molar-refractivity contribution in [3.8, 4) is 0 Å². The number of rotatable bonds is 7. The average molecular weight is 272 g/mol. The zero-order valence-electron chi connectivity index (χ0n) is 10.6. The minimum atomic E-state index is -2.74. The predicted molar refractivity (Wildman–Crippen MR) is 75.0 cm³/mol. The van der Waals surface area contributed by atoms with E-state index in [1.807, 2.05) is 31.2 Å². The van der Waals surface area contributed by atoms with Crippen LogP contribution in [0.4, 0.5) is 0 Å². The molecule has 1 aromatic rings. The van der Waals surface area contributed by atoms with Crippen molar-refractivity contribution < 1.29 is 13.3 Å². The summed E-state index contributed by atoms with van der Waals surface area (Å²) in [6.07, 6.45) is 0.885. The van der Waals surface area contributed by atoms with E-state index in [2.05, 4.69) is 12.6 Å². The smallest absolute Gasteiger partial charge is 0.373 e. The van der Waals surface area contributed by atoms with Gasteiger partial charge in [0.2, 0.25) is 0 Å². The van der Waals surface area contributed by atoms with Crippen LogP contribution in [0.2, 0.25) is 0 Å². The molecule has 0 N–H and O–H groups in total. The molecule has 0 saturated heterocycles. The van der Waals surface area contributed by atoms with Crippen LogP contribution >= 0.6 is 12.6 Å². The molecular weight excluding hydrogens is 252 g/mol. The van der Waals surface area contributed by atoms with Crippen molar-refractivity contribution in [1.82, 2.24) is 0 Å². The van der Waals surface area contributed by atoms with Gasteiger partial charge >= 0.3 is 8.80 Å². The van der Waals surface area contributed by atoms with Crippen molar-refractivity contribution in [3.63, 3.8) is 0 Å². The van der Waals surface area contributed by atoms with Crippen LogP contribution in [-0.2, 0) is 13.3 Å². The van der Waals surface area contributed by atoms with Gasteiger partial charge in [-0.15, -0.1) is 0 Å². The van der Waals surface area contributed by atoms with Crippen LogP contribution in [0.3, 0.4) is 0 Å². The van der Waals surface area contributed by atoms with Gasteiger partial charge in [0.15, 0.2) is 0 Å². The summed E-state index contributed by atoms with van der Waals surface area (Å²) in [5.74, 6) is 0.797. The highest BCUT2D eigenvalue weighted by molar-refractivity contribution is 7.80. The normalized spacial score (nSPS) is 11.8.